The van der Waals surface area contributed by atoms with Crippen LogP contribution in [0.15, 0.2) is 24.4 Å². The predicted octanol–water partition coefficient (Wildman–Crippen LogP) is 3.38. The highest BCUT2D eigenvalue weighted by atomic mass is 19.4. The zero-order valence-corrected chi connectivity index (χ0v) is 12.9. The first-order chi connectivity index (χ1) is 11.3. The molecule has 1 fully saturated rings. The van der Waals surface area contributed by atoms with Crippen molar-refractivity contribution in [2.75, 3.05) is 18.4 Å². The van der Waals surface area contributed by atoms with Crippen LogP contribution in [0.4, 0.5) is 23.5 Å². The van der Waals surface area contributed by atoms with Crippen molar-refractivity contribution < 1.29 is 17.6 Å². The van der Waals surface area contributed by atoms with Crippen molar-refractivity contribution in [2.45, 2.75) is 25.6 Å². The van der Waals surface area contributed by atoms with Crippen molar-refractivity contribution in [3.63, 3.8) is 0 Å². The van der Waals surface area contributed by atoms with Crippen molar-refractivity contribution in [2.24, 2.45) is 0 Å². The molecule has 2 aromatic rings. The van der Waals surface area contributed by atoms with Gasteiger partial charge in [-0.2, -0.15) is 13.2 Å². The Kier molecular flexibility index (Phi) is 4.40. The Morgan fingerprint density at radius 1 is 1.25 bits per heavy atom. The minimum atomic E-state index is -4.58. The SMILES string of the molecule is Cc1nc(NC2CCNC2)ncc1-c1ccc(C(F)(F)F)cc1F. The molecule has 1 unspecified atom stereocenters. The van der Waals surface area contributed by atoms with E-state index < -0.39 is 17.6 Å². The molecular weight excluding hydrogens is 324 g/mol. The molecule has 1 aromatic heterocycles. The van der Waals surface area contributed by atoms with Gasteiger partial charge >= 0.3 is 6.18 Å². The number of rotatable bonds is 3. The Bertz CT molecular complexity index is 739. The van der Waals surface area contributed by atoms with Crippen LogP contribution in [-0.2, 0) is 6.18 Å². The lowest BCUT2D eigenvalue weighted by Crippen LogP contribution is -2.23. The highest BCUT2D eigenvalue weighted by Gasteiger charge is 2.31. The molecule has 0 saturated carbocycles. The third kappa shape index (κ3) is 3.48. The molecule has 0 radical (unpaired) electrons. The molecule has 2 heterocycles. The minimum Gasteiger partial charge on any atom is -0.350 e. The number of anilines is 1. The summed E-state index contributed by atoms with van der Waals surface area (Å²) in [5.74, 6) is -0.519. The van der Waals surface area contributed by atoms with Crippen LogP contribution in [0.5, 0.6) is 0 Å². The summed E-state index contributed by atoms with van der Waals surface area (Å²) in [4.78, 5) is 8.44. The highest BCUT2D eigenvalue weighted by Crippen LogP contribution is 2.33. The maximum absolute atomic E-state index is 14.1. The van der Waals surface area contributed by atoms with Gasteiger partial charge in [0.2, 0.25) is 5.95 Å². The number of halogens is 4. The molecular formula is C16H16F4N4. The van der Waals surface area contributed by atoms with E-state index in [1.54, 1.807) is 6.92 Å². The third-order valence-electron chi connectivity index (χ3n) is 3.96. The summed E-state index contributed by atoms with van der Waals surface area (Å²) in [6, 6.07) is 2.69. The highest BCUT2D eigenvalue weighted by molar-refractivity contribution is 5.66. The van der Waals surface area contributed by atoms with Crippen molar-refractivity contribution >= 4 is 5.95 Å². The van der Waals surface area contributed by atoms with E-state index in [1.807, 2.05) is 0 Å². The second kappa shape index (κ2) is 6.35. The average molecular weight is 340 g/mol. The van der Waals surface area contributed by atoms with Gasteiger partial charge in [-0.3, -0.25) is 0 Å². The Labute approximate surface area is 136 Å². The van der Waals surface area contributed by atoms with Gasteiger partial charge in [0, 0.05) is 29.9 Å². The third-order valence-corrected chi connectivity index (χ3v) is 3.96. The molecule has 1 atom stereocenters. The molecule has 1 aromatic carbocycles. The first-order valence-corrected chi connectivity index (χ1v) is 7.52. The van der Waals surface area contributed by atoms with Gasteiger partial charge in [-0.15, -0.1) is 0 Å². The standard InChI is InChI=1S/C16H16F4N4/c1-9-13(8-22-15(23-9)24-11-4-5-21-7-11)12-3-2-10(6-14(12)17)16(18,19)20/h2-3,6,8,11,21H,4-5,7H2,1H3,(H,22,23,24). The first kappa shape index (κ1) is 16.6. The van der Waals surface area contributed by atoms with Gasteiger partial charge in [0.1, 0.15) is 5.82 Å². The van der Waals surface area contributed by atoms with Crippen LogP contribution < -0.4 is 10.6 Å². The smallest absolute Gasteiger partial charge is 0.350 e. The van der Waals surface area contributed by atoms with E-state index in [2.05, 4.69) is 20.6 Å². The lowest BCUT2D eigenvalue weighted by atomic mass is 10.0. The average Bonchev–Trinajstić information content (AvgIpc) is 3.00. The maximum atomic E-state index is 14.1. The molecule has 8 heteroatoms. The fourth-order valence-corrected chi connectivity index (χ4v) is 2.67. The zero-order chi connectivity index (χ0) is 17.3. The number of hydrogen-bond donors (Lipinski definition) is 2. The molecule has 128 valence electrons. The number of aromatic nitrogens is 2. The van der Waals surface area contributed by atoms with Crippen LogP contribution in [0.1, 0.15) is 17.7 Å². The molecule has 0 aliphatic carbocycles. The molecule has 4 nitrogen and oxygen atoms in total. The molecule has 3 rings (SSSR count). The lowest BCUT2D eigenvalue weighted by Gasteiger charge is -2.14. The fourth-order valence-electron chi connectivity index (χ4n) is 2.67. The van der Waals surface area contributed by atoms with Gasteiger partial charge in [0.05, 0.1) is 11.3 Å². The molecule has 1 saturated heterocycles. The molecule has 24 heavy (non-hydrogen) atoms. The summed E-state index contributed by atoms with van der Waals surface area (Å²) in [5.41, 5.74) is -0.0997. The number of aryl methyl sites for hydroxylation is 1. The van der Waals surface area contributed by atoms with E-state index in [9.17, 15) is 17.6 Å². The van der Waals surface area contributed by atoms with Crippen LogP contribution in [0.2, 0.25) is 0 Å². The van der Waals surface area contributed by atoms with Crippen LogP contribution in [0, 0.1) is 12.7 Å². The van der Waals surface area contributed by atoms with Gasteiger partial charge in [0.25, 0.3) is 0 Å². The summed E-state index contributed by atoms with van der Waals surface area (Å²) in [7, 11) is 0. The van der Waals surface area contributed by atoms with E-state index >= 15 is 0 Å². The second-order valence-electron chi connectivity index (χ2n) is 5.72. The van der Waals surface area contributed by atoms with Crippen LogP contribution in [-0.4, -0.2) is 29.1 Å². The summed E-state index contributed by atoms with van der Waals surface area (Å²) < 4.78 is 52.0. The van der Waals surface area contributed by atoms with E-state index in [4.69, 9.17) is 0 Å². The summed E-state index contributed by atoms with van der Waals surface area (Å²) in [6.07, 6.45) is -2.19. The van der Waals surface area contributed by atoms with Crippen LogP contribution in [0.3, 0.4) is 0 Å². The van der Waals surface area contributed by atoms with Gasteiger partial charge in [-0.05, 0) is 32.0 Å². The molecule has 0 spiro atoms. The van der Waals surface area contributed by atoms with E-state index in [0.29, 0.717) is 23.3 Å². The van der Waals surface area contributed by atoms with E-state index in [0.717, 1.165) is 31.6 Å². The number of alkyl halides is 3. The number of nitrogens with one attached hydrogen (secondary N) is 2. The van der Waals surface area contributed by atoms with Gasteiger partial charge < -0.3 is 10.6 Å². The summed E-state index contributed by atoms with van der Waals surface area (Å²) in [5, 5.41) is 6.39. The normalized spacial score (nSPS) is 18.0. The molecule has 0 amide bonds. The monoisotopic (exact) mass is 340 g/mol. The largest absolute Gasteiger partial charge is 0.416 e. The quantitative estimate of drug-likeness (QED) is 0.841. The number of hydrogen-bond acceptors (Lipinski definition) is 4. The first-order valence-electron chi connectivity index (χ1n) is 7.52. The van der Waals surface area contributed by atoms with Gasteiger partial charge in [-0.1, -0.05) is 6.07 Å². The Morgan fingerprint density at radius 3 is 2.62 bits per heavy atom. The number of nitrogens with zero attached hydrogens (tertiary/aromatic N) is 2. The van der Waals surface area contributed by atoms with E-state index in [-0.39, 0.29) is 11.6 Å². The molecule has 0 bridgehead atoms. The predicted molar refractivity (Wildman–Crippen MR) is 82.1 cm³/mol. The van der Waals surface area contributed by atoms with Crippen molar-refractivity contribution in [3.05, 3.63) is 41.5 Å². The molecule has 1 aliphatic rings. The topological polar surface area (TPSA) is 49.8 Å². The summed E-state index contributed by atoms with van der Waals surface area (Å²) >= 11 is 0. The lowest BCUT2D eigenvalue weighted by molar-refractivity contribution is -0.137. The summed E-state index contributed by atoms with van der Waals surface area (Å²) in [6.45, 7) is 3.41. The fraction of sp³-hybridized carbons (Fsp3) is 0.375. The van der Waals surface area contributed by atoms with E-state index in [1.165, 1.54) is 6.20 Å². The van der Waals surface area contributed by atoms with Crippen molar-refractivity contribution in [1.82, 2.24) is 15.3 Å². The van der Waals surface area contributed by atoms with Gasteiger partial charge in [-0.25, -0.2) is 14.4 Å². The Morgan fingerprint density at radius 2 is 2.04 bits per heavy atom. The molecule has 1 aliphatic heterocycles. The van der Waals surface area contributed by atoms with Crippen LogP contribution >= 0.6 is 0 Å². The van der Waals surface area contributed by atoms with Crippen molar-refractivity contribution in [1.29, 1.82) is 0 Å². The minimum absolute atomic E-state index is 0.0505. The number of benzene rings is 1. The van der Waals surface area contributed by atoms with Crippen LogP contribution in [0.25, 0.3) is 11.1 Å². The molecule has 2 N–H and O–H groups in total. The maximum Gasteiger partial charge on any atom is 0.416 e. The Hall–Kier alpha value is -2.22. The van der Waals surface area contributed by atoms with Gasteiger partial charge in [0.15, 0.2) is 0 Å². The second-order valence-corrected chi connectivity index (χ2v) is 5.72. The zero-order valence-electron chi connectivity index (χ0n) is 12.9. The Balaban J connectivity index is 1.86. The van der Waals surface area contributed by atoms with Crippen molar-refractivity contribution in [3.8, 4) is 11.1 Å².